The van der Waals surface area contributed by atoms with Crippen LogP contribution in [-0.4, -0.2) is 31.0 Å². The summed E-state index contributed by atoms with van der Waals surface area (Å²) in [5.74, 6) is 1.42. The average Bonchev–Trinajstić information content (AvgIpc) is 2.39. The molecule has 1 fully saturated rings. The van der Waals surface area contributed by atoms with E-state index in [2.05, 4.69) is 0 Å². The first kappa shape index (κ1) is 15.1. The van der Waals surface area contributed by atoms with Crippen LogP contribution in [0.4, 0.5) is 0 Å². The molecular formula is C16H24O4. The van der Waals surface area contributed by atoms with Crippen LogP contribution in [-0.2, 0) is 10.3 Å². The Morgan fingerprint density at radius 3 is 2.30 bits per heavy atom. The SMILES string of the molecule is CCOc1ccc(C2(O)CC(OCC)C2)cc1OCC. The molecule has 0 radical (unpaired) electrons. The van der Waals surface area contributed by atoms with Gasteiger partial charge < -0.3 is 19.3 Å². The third kappa shape index (κ3) is 3.07. The topological polar surface area (TPSA) is 47.9 Å². The Balaban J connectivity index is 2.15. The molecule has 0 atom stereocenters. The van der Waals surface area contributed by atoms with Crippen LogP contribution in [0, 0.1) is 0 Å². The van der Waals surface area contributed by atoms with Crippen LogP contribution >= 0.6 is 0 Å². The molecule has 20 heavy (non-hydrogen) atoms. The van der Waals surface area contributed by atoms with Crippen molar-refractivity contribution in [2.45, 2.75) is 45.3 Å². The van der Waals surface area contributed by atoms with E-state index < -0.39 is 5.60 Å². The molecular weight excluding hydrogens is 256 g/mol. The predicted molar refractivity (Wildman–Crippen MR) is 77.3 cm³/mol. The molecule has 4 nitrogen and oxygen atoms in total. The quantitative estimate of drug-likeness (QED) is 0.834. The summed E-state index contributed by atoms with van der Waals surface area (Å²) in [5.41, 5.74) is 0.0801. The second-order valence-corrected chi connectivity index (χ2v) is 5.04. The van der Waals surface area contributed by atoms with E-state index in [1.807, 2.05) is 39.0 Å². The van der Waals surface area contributed by atoms with Crippen molar-refractivity contribution < 1.29 is 19.3 Å². The monoisotopic (exact) mass is 280 g/mol. The lowest BCUT2D eigenvalue weighted by atomic mass is 9.73. The Kier molecular flexibility index (Phi) is 4.89. The second kappa shape index (κ2) is 6.46. The molecule has 1 aromatic rings. The summed E-state index contributed by atoms with van der Waals surface area (Å²) >= 11 is 0. The molecule has 1 aliphatic rings. The summed E-state index contributed by atoms with van der Waals surface area (Å²) in [6.45, 7) is 7.71. The zero-order valence-corrected chi connectivity index (χ0v) is 12.5. The highest BCUT2D eigenvalue weighted by Crippen LogP contribution is 2.45. The molecule has 2 rings (SSSR count). The van der Waals surface area contributed by atoms with E-state index in [9.17, 15) is 5.11 Å². The van der Waals surface area contributed by atoms with E-state index in [-0.39, 0.29) is 6.10 Å². The maximum atomic E-state index is 10.6. The van der Waals surface area contributed by atoms with Gasteiger partial charge in [0, 0.05) is 19.4 Å². The molecule has 112 valence electrons. The molecule has 0 aromatic heterocycles. The zero-order valence-electron chi connectivity index (χ0n) is 12.5. The van der Waals surface area contributed by atoms with Crippen LogP contribution in [0.25, 0.3) is 0 Å². The van der Waals surface area contributed by atoms with Gasteiger partial charge in [-0.2, -0.15) is 0 Å². The van der Waals surface area contributed by atoms with E-state index in [1.54, 1.807) is 0 Å². The van der Waals surface area contributed by atoms with Gasteiger partial charge in [0.05, 0.1) is 24.9 Å². The van der Waals surface area contributed by atoms with Gasteiger partial charge in [0.1, 0.15) is 0 Å². The first-order valence-electron chi connectivity index (χ1n) is 7.37. The number of rotatable bonds is 7. The van der Waals surface area contributed by atoms with Gasteiger partial charge in [-0.05, 0) is 38.5 Å². The average molecular weight is 280 g/mol. The van der Waals surface area contributed by atoms with Gasteiger partial charge in [0.2, 0.25) is 0 Å². The molecule has 1 N–H and O–H groups in total. The Morgan fingerprint density at radius 2 is 1.70 bits per heavy atom. The lowest BCUT2D eigenvalue weighted by molar-refractivity contribution is -0.142. The molecule has 1 aliphatic carbocycles. The van der Waals surface area contributed by atoms with Crippen LogP contribution in [0.2, 0.25) is 0 Å². The lowest BCUT2D eigenvalue weighted by Gasteiger charge is -2.43. The molecule has 0 unspecified atom stereocenters. The van der Waals surface area contributed by atoms with Gasteiger partial charge in [-0.15, -0.1) is 0 Å². The summed E-state index contributed by atoms with van der Waals surface area (Å²) in [6, 6.07) is 5.67. The molecule has 0 spiro atoms. The standard InChI is InChI=1S/C16H24O4/c1-4-18-13-10-16(17,11-13)12-7-8-14(19-5-2)15(9-12)20-6-3/h7-9,13,17H,4-6,10-11H2,1-3H3. The number of hydrogen-bond acceptors (Lipinski definition) is 4. The predicted octanol–water partition coefficient (Wildman–Crippen LogP) is 2.87. The largest absolute Gasteiger partial charge is 0.490 e. The fourth-order valence-corrected chi connectivity index (χ4v) is 2.62. The molecule has 4 heteroatoms. The van der Waals surface area contributed by atoms with Crippen molar-refractivity contribution in [2.24, 2.45) is 0 Å². The van der Waals surface area contributed by atoms with Crippen LogP contribution in [0.15, 0.2) is 18.2 Å². The Hall–Kier alpha value is -1.26. The second-order valence-electron chi connectivity index (χ2n) is 5.04. The Labute approximate surface area is 120 Å². The first-order valence-corrected chi connectivity index (χ1v) is 7.37. The van der Waals surface area contributed by atoms with Gasteiger partial charge in [-0.25, -0.2) is 0 Å². The summed E-state index contributed by atoms with van der Waals surface area (Å²) in [7, 11) is 0. The zero-order chi connectivity index (χ0) is 14.6. The maximum absolute atomic E-state index is 10.6. The summed E-state index contributed by atoms with van der Waals surface area (Å²) < 4.78 is 16.7. The Bertz CT molecular complexity index is 438. The van der Waals surface area contributed by atoms with Gasteiger partial charge in [-0.3, -0.25) is 0 Å². The third-order valence-corrected chi connectivity index (χ3v) is 3.61. The van der Waals surface area contributed by atoms with Crippen LogP contribution < -0.4 is 9.47 Å². The molecule has 1 saturated carbocycles. The van der Waals surface area contributed by atoms with E-state index in [0.717, 1.165) is 11.3 Å². The van der Waals surface area contributed by atoms with Gasteiger partial charge in [0.25, 0.3) is 0 Å². The van der Waals surface area contributed by atoms with Crippen molar-refractivity contribution in [1.82, 2.24) is 0 Å². The minimum Gasteiger partial charge on any atom is -0.490 e. The smallest absolute Gasteiger partial charge is 0.161 e. The van der Waals surface area contributed by atoms with Crippen molar-refractivity contribution in [3.8, 4) is 11.5 Å². The summed E-state index contributed by atoms with van der Waals surface area (Å²) in [4.78, 5) is 0. The number of benzene rings is 1. The van der Waals surface area contributed by atoms with Gasteiger partial charge in [0.15, 0.2) is 11.5 Å². The maximum Gasteiger partial charge on any atom is 0.161 e. The van der Waals surface area contributed by atoms with Crippen molar-refractivity contribution in [3.05, 3.63) is 23.8 Å². The van der Waals surface area contributed by atoms with Crippen molar-refractivity contribution in [1.29, 1.82) is 0 Å². The van der Waals surface area contributed by atoms with Crippen molar-refractivity contribution in [3.63, 3.8) is 0 Å². The molecule has 0 aliphatic heterocycles. The molecule has 0 saturated heterocycles. The molecule has 0 amide bonds. The molecule has 0 bridgehead atoms. The van der Waals surface area contributed by atoms with E-state index in [4.69, 9.17) is 14.2 Å². The Morgan fingerprint density at radius 1 is 1.05 bits per heavy atom. The fourth-order valence-electron chi connectivity index (χ4n) is 2.62. The highest BCUT2D eigenvalue weighted by molar-refractivity contribution is 5.45. The van der Waals surface area contributed by atoms with E-state index >= 15 is 0 Å². The highest BCUT2D eigenvalue weighted by Gasteiger charge is 2.44. The van der Waals surface area contributed by atoms with Gasteiger partial charge >= 0.3 is 0 Å². The fraction of sp³-hybridized carbons (Fsp3) is 0.625. The third-order valence-electron chi connectivity index (χ3n) is 3.61. The van der Waals surface area contributed by atoms with Gasteiger partial charge in [-0.1, -0.05) is 6.07 Å². The van der Waals surface area contributed by atoms with Crippen molar-refractivity contribution >= 4 is 0 Å². The van der Waals surface area contributed by atoms with Crippen molar-refractivity contribution in [2.75, 3.05) is 19.8 Å². The van der Waals surface area contributed by atoms with Crippen LogP contribution in [0.3, 0.4) is 0 Å². The molecule has 0 heterocycles. The minimum atomic E-state index is -0.795. The van der Waals surface area contributed by atoms with E-state index in [1.165, 1.54) is 0 Å². The highest BCUT2D eigenvalue weighted by atomic mass is 16.5. The van der Waals surface area contributed by atoms with Crippen LogP contribution in [0.1, 0.15) is 39.2 Å². The summed E-state index contributed by atoms with van der Waals surface area (Å²) in [6.07, 6.45) is 1.44. The minimum absolute atomic E-state index is 0.159. The van der Waals surface area contributed by atoms with Crippen LogP contribution in [0.5, 0.6) is 11.5 Å². The van der Waals surface area contributed by atoms with E-state index in [0.29, 0.717) is 38.4 Å². The summed E-state index contributed by atoms with van der Waals surface area (Å²) in [5, 5.41) is 10.6. The normalized spacial score (nSPS) is 25.1. The lowest BCUT2D eigenvalue weighted by Crippen LogP contribution is -2.45. The first-order chi connectivity index (χ1) is 9.62. The number of ether oxygens (including phenoxy) is 3. The molecule has 1 aromatic carbocycles. The number of aliphatic hydroxyl groups is 1. The number of hydrogen-bond donors (Lipinski definition) is 1.